The molecular weight excluding hydrogens is 482 g/mol. The van der Waals surface area contributed by atoms with Gasteiger partial charge >= 0.3 is 0 Å². The molecule has 3 fully saturated rings. The molecule has 2 aliphatic heterocycles. The first kappa shape index (κ1) is 27.3. The van der Waals surface area contributed by atoms with Gasteiger partial charge in [-0.15, -0.1) is 0 Å². The molecule has 3 amide bonds. The van der Waals surface area contributed by atoms with Crippen LogP contribution in [0.3, 0.4) is 0 Å². The van der Waals surface area contributed by atoms with Crippen LogP contribution in [-0.2, 0) is 14.4 Å². The molecule has 2 heterocycles. The van der Waals surface area contributed by atoms with E-state index in [-0.39, 0.29) is 54.0 Å². The summed E-state index contributed by atoms with van der Waals surface area (Å²) in [6, 6.07) is 1.74. The van der Waals surface area contributed by atoms with Crippen LogP contribution in [-0.4, -0.2) is 78.4 Å². The minimum Gasteiger partial charge on any atom is -0.493 e. The fraction of sp³-hybridized carbons (Fsp3) is 0.667. The zero-order valence-electron chi connectivity index (χ0n) is 22.2. The number of likely N-dealkylation sites (tertiary alicyclic amines) is 2. The van der Waals surface area contributed by atoms with Crippen LogP contribution < -0.4 is 15.4 Å². The SMILES string of the molecule is CNC(C)C(=O)NC(C(=O)N1CCC2C1C(COc1ccc(F)c(F)c1)CN2C(=O)C1CC1)C(C)(C)C. The van der Waals surface area contributed by atoms with Gasteiger partial charge in [0, 0.05) is 31.0 Å². The standard InChI is InChI=1S/C27H38F2N4O4/c1-15(30-5)24(34)31-23(27(2,3)4)26(36)32-11-10-21-22(32)17(13-33(21)25(35)16-6-7-16)14-37-18-8-9-19(28)20(29)12-18/h8-9,12,15-17,21-23,30H,6-7,10-11,13-14H2,1-5H3,(H,31,34). The van der Waals surface area contributed by atoms with E-state index in [0.717, 1.165) is 25.0 Å². The first-order valence-corrected chi connectivity index (χ1v) is 13.1. The zero-order valence-corrected chi connectivity index (χ0v) is 22.2. The number of hydrogen-bond acceptors (Lipinski definition) is 5. The van der Waals surface area contributed by atoms with Gasteiger partial charge in [0.1, 0.15) is 11.8 Å². The molecule has 5 atom stereocenters. The number of fused-ring (bicyclic) bond motifs is 1. The summed E-state index contributed by atoms with van der Waals surface area (Å²) >= 11 is 0. The highest BCUT2D eigenvalue weighted by Gasteiger charge is 2.54. The van der Waals surface area contributed by atoms with Crippen molar-refractivity contribution in [3.63, 3.8) is 0 Å². The summed E-state index contributed by atoms with van der Waals surface area (Å²) in [5.74, 6) is -2.26. The average Bonchev–Trinajstić information content (AvgIpc) is 3.51. The van der Waals surface area contributed by atoms with Gasteiger partial charge in [0.15, 0.2) is 11.6 Å². The second kappa shape index (κ2) is 10.6. The number of nitrogens with one attached hydrogen (secondary N) is 2. The van der Waals surface area contributed by atoms with Crippen molar-refractivity contribution in [2.24, 2.45) is 17.3 Å². The summed E-state index contributed by atoms with van der Waals surface area (Å²) in [6.45, 7) is 8.51. The molecule has 37 heavy (non-hydrogen) atoms. The lowest BCUT2D eigenvalue weighted by molar-refractivity contribution is -0.141. The number of ether oxygens (including phenoxy) is 1. The maximum absolute atomic E-state index is 14.0. The number of amides is 3. The topological polar surface area (TPSA) is 91.0 Å². The van der Waals surface area contributed by atoms with Crippen molar-refractivity contribution in [1.29, 1.82) is 0 Å². The van der Waals surface area contributed by atoms with E-state index in [1.807, 2.05) is 25.7 Å². The Balaban J connectivity index is 1.56. The van der Waals surface area contributed by atoms with Crippen molar-refractivity contribution in [2.45, 2.75) is 71.1 Å². The average molecular weight is 521 g/mol. The highest BCUT2D eigenvalue weighted by molar-refractivity contribution is 5.91. The number of rotatable bonds is 8. The van der Waals surface area contributed by atoms with Crippen LogP contribution in [0.1, 0.15) is 47.0 Å². The molecule has 2 saturated heterocycles. The van der Waals surface area contributed by atoms with Crippen LogP contribution in [0, 0.1) is 28.9 Å². The molecule has 4 rings (SSSR count). The number of hydrogen-bond donors (Lipinski definition) is 2. The largest absolute Gasteiger partial charge is 0.493 e. The maximum atomic E-state index is 14.0. The third-order valence-electron chi connectivity index (χ3n) is 7.81. The summed E-state index contributed by atoms with van der Waals surface area (Å²) in [5, 5.41) is 5.83. The molecule has 1 aliphatic carbocycles. The molecule has 204 valence electrons. The lowest BCUT2D eigenvalue weighted by Crippen LogP contribution is -2.59. The molecule has 0 aromatic heterocycles. The molecule has 5 unspecified atom stereocenters. The fourth-order valence-corrected chi connectivity index (χ4v) is 5.41. The Bertz CT molecular complexity index is 1040. The van der Waals surface area contributed by atoms with Crippen LogP contribution >= 0.6 is 0 Å². The van der Waals surface area contributed by atoms with Crippen molar-refractivity contribution in [2.75, 3.05) is 26.7 Å². The summed E-state index contributed by atoms with van der Waals surface area (Å²) < 4.78 is 32.9. The first-order valence-electron chi connectivity index (χ1n) is 13.1. The molecule has 1 saturated carbocycles. The van der Waals surface area contributed by atoms with Gasteiger partial charge in [-0.1, -0.05) is 20.8 Å². The molecule has 10 heteroatoms. The fourth-order valence-electron chi connectivity index (χ4n) is 5.41. The Hall–Kier alpha value is -2.75. The monoisotopic (exact) mass is 520 g/mol. The summed E-state index contributed by atoms with van der Waals surface area (Å²) in [5.41, 5.74) is -0.544. The second-order valence-electron chi connectivity index (χ2n) is 11.6. The van der Waals surface area contributed by atoms with Crippen molar-refractivity contribution in [3.05, 3.63) is 29.8 Å². The Morgan fingerprint density at radius 2 is 1.81 bits per heavy atom. The van der Waals surface area contributed by atoms with Gasteiger partial charge in [-0.3, -0.25) is 14.4 Å². The first-order chi connectivity index (χ1) is 17.4. The van der Waals surface area contributed by atoms with Gasteiger partial charge in [0.05, 0.1) is 24.7 Å². The van der Waals surface area contributed by atoms with Crippen molar-refractivity contribution < 1.29 is 27.9 Å². The van der Waals surface area contributed by atoms with Gasteiger partial charge < -0.3 is 25.2 Å². The van der Waals surface area contributed by atoms with Crippen molar-refractivity contribution in [1.82, 2.24) is 20.4 Å². The predicted octanol–water partition coefficient (Wildman–Crippen LogP) is 2.32. The molecule has 0 spiro atoms. The van der Waals surface area contributed by atoms with E-state index in [1.54, 1.807) is 18.9 Å². The van der Waals surface area contributed by atoms with Crippen LogP contribution in [0.4, 0.5) is 8.78 Å². The number of benzene rings is 1. The van der Waals surface area contributed by atoms with Gasteiger partial charge in [0.2, 0.25) is 17.7 Å². The molecule has 1 aromatic carbocycles. The summed E-state index contributed by atoms with van der Waals surface area (Å²) in [6.07, 6.45) is 2.41. The summed E-state index contributed by atoms with van der Waals surface area (Å²) in [4.78, 5) is 43.5. The van der Waals surface area contributed by atoms with Crippen molar-refractivity contribution in [3.8, 4) is 5.75 Å². The number of nitrogens with zero attached hydrogens (tertiary/aromatic N) is 2. The predicted molar refractivity (Wildman–Crippen MR) is 134 cm³/mol. The zero-order chi connectivity index (χ0) is 27.1. The Morgan fingerprint density at radius 3 is 2.41 bits per heavy atom. The lowest BCUT2D eigenvalue weighted by Gasteiger charge is -2.37. The van der Waals surface area contributed by atoms with E-state index in [0.29, 0.717) is 19.5 Å². The Labute approximate surface area is 217 Å². The molecular formula is C27H38F2N4O4. The van der Waals surface area contributed by atoms with Crippen LogP contribution in [0.5, 0.6) is 5.75 Å². The number of carbonyl (C=O) groups excluding carboxylic acids is 3. The Kier molecular flexibility index (Phi) is 7.78. The minimum atomic E-state index is -0.996. The van der Waals surface area contributed by atoms with E-state index in [2.05, 4.69) is 10.6 Å². The van der Waals surface area contributed by atoms with E-state index in [1.165, 1.54) is 6.07 Å². The van der Waals surface area contributed by atoms with E-state index >= 15 is 0 Å². The van der Waals surface area contributed by atoms with Gasteiger partial charge in [-0.05, 0) is 50.8 Å². The van der Waals surface area contributed by atoms with E-state index in [4.69, 9.17) is 4.74 Å². The number of carbonyl (C=O) groups is 3. The van der Waals surface area contributed by atoms with E-state index in [9.17, 15) is 23.2 Å². The van der Waals surface area contributed by atoms with Gasteiger partial charge in [-0.25, -0.2) is 8.78 Å². The van der Waals surface area contributed by atoms with Crippen molar-refractivity contribution >= 4 is 17.7 Å². The quantitative estimate of drug-likeness (QED) is 0.549. The minimum absolute atomic E-state index is 0.0425. The number of halogens is 2. The summed E-state index contributed by atoms with van der Waals surface area (Å²) in [7, 11) is 1.69. The van der Waals surface area contributed by atoms with Crippen LogP contribution in [0.2, 0.25) is 0 Å². The molecule has 2 N–H and O–H groups in total. The van der Waals surface area contributed by atoms with Crippen LogP contribution in [0.25, 0.3) is 0 Å². The van der Waals surface area contributed by atoms with Gasteiger partial charge in [-0.2, -0.15) is 0 Å². The van der Waals surface area contributed by atoms with E-state index < -0.39 is 29.1 Å². The normalized spacial score (nSPS) is 25.0. The smallest absolute Gasteiger partial charge is 0.246 e. The van der Waals surface area contributed by atoms with Crippen LogP contribution in [0.15, 0.2) is 18.2 Å². The van der Waals surface area contributed by atoms with Gasteiger partial charge in [0.25, 0.3) is 0 Å². The highest BCUT2D eigenvalue weighted by atomic mass is 19.2. The molecule has 3 aliphatic rings. The third-order valence-corrected chi connectivity index (χ3v) is 7.81. The highest BCUT2D eigenvalue weighted by Crippen LogP contribution is 2.41. The molecule has 0 radical (unpaired) electrons. The Morgan fingerprint density at radius 1 is 1.11 bits per heavy atom. The third kappa shape index (κ3) is 5.73. The maximum Gasteiger partial charge on any atom is 0.246 e. The molecule has 8 nitrogen and oxygen atoms in total. The second-order valence-corrected chi connectivity index (χ2v) is 11.6. The lowest BCUT2D eigenvalue weighted by atomic mass is 9.85. The molecule has 1 aromatic rings. The molecule has 0 bridgehead atoms. The number of likely N-dealkylation sites (N-methyl/N-ethyl adjacent to an activating group) is 1.